The second kappa shape index (κ2) is 12.1. The van der Waals surface area contributed by atoms with E-state index in [4.69, 9.17) is 0 Å². The molecule has 29 heavy (non-hydrogen) atoms. The average Bonchev–Trinajstić information content (AvgIpc) is 2.70. The van der Waals surface area contributed by atoms with Gasteiger partial charge in [0.1, 0.15) is 5.82 Å². The van der Waals surface area contributed by atoms with Crippen molar-refractivity contribution in [3.8, 4) is 0 Å². The molecule has 0 bridgehead atoms. The minimum atomic E-state index is -0.216. The molecular weight excluding hydrogens is 387 g/mol. The third-order valence-corrected chi connectivity index (χ3v) is 4.89. The van der Waals surface area contributed by atoms with Gasteiger partial charge in [0.05, 0.1) is 0 Å². The van der Waals surface area contributed by atoms with Crippen molar-refractivity contribution in [1.29, 1.82) is 0 Å². The fourth-order valence-electron chi connectivity index (χ4n) is 2.85. The van der Waals surface area contributed by atoms with E-state index in [0.717, 1.165) is 34.6 Å². The Morgan fingerprint density at radius 2 is 1.90 bits per heavy atom. The first-order valence-electron chi connectivity index (χ1n) is 9.65. The lowest BCUT2D eigenvalue weighted by Crippen LogP contribution is -2.36. The maximum atomic E-state index is 13.5. The molecule has 0 aromatic heterocycles. The van der Waals surface area contributed by atoms with Crippen molar-refractivity contribution in [2.75, 3.05) is 18.6 Å². The van der Waals surface area contributed by atoms with E-state index in [0.29, 0.717) is 25.5 Å². The van der Waals surface area contributed by atoms with Gasteiger partial charge in [-0.1, -0.05) is 25.1 Å². The van der Waals surface area contributed by atoms with E-state index < -0.39 is 0 Å². The average molecular weight is 417 g/mol. The molecule has 0 aliphatic rings. The molecule has 0 radical (unpaired) electrons. The lowest BCUT2D eigenvalue weighted by atomic mass is 10.1. The van der Waals surface area contributed by atoms with Crippen LogP contribution in [0.5, 0.6) is 0 Å². The van der Waals surface area contributed by atoms with Crippen LogP contribution in [0.25, 0.3) is 0 Å². The summed E-state index contributed by atoms with van der Waals surface area (Å²) in [6.45, 7) is 3.11. The van der Waals surface area contributed by atoms with Gasteiger partial charge in [0.2, 0.25) is 5.91 Å². The smallest absolute Gasteiger partial charge is 0.224 e. The predicted molar refractivity (Wildman–Crippen MR) is 121 cm³/mol. The third-order valence-electron chi connectivity index (χ3n) is 4.29. The molecule has 0 spiro atoms. The van der Waals surface area contributed by atoms with Crippen LogP contribution in [0, 0.1) is 5.82 Å². The third kappa shape index (κ3) is 7.77. The van der Waals surface area contributed by atoms with Crippen LogP contribution in [0.2, 0.25) is 0 Å². The first kappa shape index (κ1) is 22.7. The second-order valence-electron chi connectivity index (χ2n) is 6.62. The van der Waals surface area contributed by atoms with Gasteiger partial charge in [-0.15, -0.1) is 0 Å². The number of aliphatic imine (C=N–C) groups is 1. The van der Waals surface area contributed by atoms with Crippen LogP contribution in [0.3, 0.4) is 0 Å². The fourth-order valence-corrected chi connectivity index (χ4v) is 3.43. The van der Waals surface area contributed by atoms with Gasteiger partial charge in [-0.2, -0.15) is 11.8 Å². The van der Waals surface area contributed by atoms with Gasteiger partial charge in [0.25, 0.3) is 0 Å². The quantitative estimate of drug-likeness (QED) is 0.421. The molecule has 0 atom stereocenters. The summed E-state index contributed by atoms with van der Waals surface area (Å²) in [6, 6.07) is 12.6. The lowest BCUT2D eigenvalue weighted by molar-refractivity contribution is -0.116. The Morgan fingerprint density at radius 3 is 2.62 bits per heavy atom. The molecule has 2 aromatic carbocycles. The number of nitrogens with one attached hydrogen (secondary N) is 3. The van der Waals surface area contributed by atoms with Crippen LogP contribution in [-0.2, 0) is 23.6 Å². The molecular formula is C22H29FN4OS. The summed E-state index contributed by atoms with van der Waals surface area (Å²) >= 11 is 1.66. The Kier molecular flexibility index (Phi) is 9.50. The van der Waals surface area contributed by atoms with E-state index in [1.807, 2.05) is 43.5 Å². The first-order chi connectivity index (χ1) is 14.0. The summed E-state index contributed by atoms with van der Waals surface area (Å²) in [6.07, 6.45) is 3.34. The van der Waals surface area contributed by atoms with Crippen molar-refractivity contribution in [3.63, 3.8) is 0 Å². The molecule has 0 aliphatic carbocycles. The van der Waals surface area contributed by atoms with Crippen molar-refractivity contribution < 1.29 is 9.18 Å². The molecule has 0 fully saturated rings. The molecule has 1 amide bonds. The predicted octanol–water partition coefficient (Wildman–Crippen LogP) is 4.29. The van der Waals surface area contributed by atoms with E-state index in [1.54, 1.807) is 24.9 Å². The number of nitrogens with zero attached hydrogens (tertiary/aromatic N) is 1. The first-order valence-corrected chi connectivity index (χ1v) is 11.0. The zero-order valence-electron chi connectivity index (χ0n) is 17.2. The highest BCUT2D eigenvalue weighted by atomic mass is 32.2. The Bertz CT molecular complexity index is 841. The summed E-state index contributed by atoms with van der Waals surface area (Å²) < 4.78 is 13.5. The van der Waals surface area contributed by atoms with E-state index >= 15 is 0 Å². The number of halogens is 1. The molecule has 0 saturated carbocycles. The van der Waals surface area contributed by atoms with Gasteiger partial charge in [-0.05, 0) is 53.6 Å². The molecule has 156 valence electrons. The number of rotatable bonds is 9. The summed E-state index contributed by atoms with van der Waals surface area (Å²) in [5.41, 5.74) is 3.85. The zero-order valence-corrected chi connectivity index (χ0v) is 18.0. The standard InChI is InChI=1S/C22H29FN4OS/c1-4-6-21(28)27-20-8-5-7-16(11-20)13-25-22(24-2)26-14-17-9-10-19(23)12-18(17)15-29-3/h5,7-12H,4,6,13-15H2,1-3H3,(H,27,28)(H2,24,25,26). The lowest BCUT2D eigenvalue weighted by Gasteiger charge is -2.15. The zero-order chi connectivity index (χ0) is 21.1. The molecule has 0 saturated heterocycles. The van der Waals surface area contributed by atoms with Crippen LogP contribution >= 0.6 is 11.8 Å². The SMILES string of the molecule is CCCC(=O)Nc1cccc(CNC(=NC)NCc2ccc(F)cc2CSC)c1. The number of carbonyl (C=O) groups is 1. The Morgan fingerprint density at radius 1 is 1.10 bits per heavy atom. The van der Waals surface area contributed by atoms with Crippen LogP contribution in [0.15, 0.2) is 47.5 Å². The number of guanidine groups is 1. The normalized spacial score (nSPS) is 11.2. The van der Waals surface area contributed by atoms with E-state index in [2.05, 4.69) is 20.9 Å². The van der Waals surface area contributed by atoms with Crippen molar-refractivity contribution in [2.24, 2.45) is 4.99 Å². The van der Waals surface area contributed by atoms with Gasteiger partial charge in [-0.3, -0.25) is 9.79 Å². The number of carbonyl (C=O) groups excluding carboxylic acids is 1. The molecule has 0 heterocycles. The molecule has 0 aliphatic heterocycles. The molecule has 2 rings (SSSR count). The maximum Gasteiger partial charge on any atom is 0.224 e. The highest BCUT2D eigenvalue weighted by molar-refractivity contribution is 7.97. The van der Waals surface area contributed by atoms with Gasteiger partial charge in [-0.25, -0.2) is 4.39 Å². The Hall–Kier alpha value is -2.54. The molecule has 7 heteroatoms. The minimum absolute atomic E-state index is 0.0235. The Balaban J connectivity index is 1.92. The largest absolute Gasteiger partial charge is 0.352 e. The summed E-state index contributed by atoms with van der Waals surface area (Å²) in [7, 11) is 1.71. The van der Waals surface area contributed by atoms with E-state index in [1.165, 1.54) is 6.07 Å². The van der Waals surface area contributed by atoms with E-state index in [9.17, 15) is 9.18 Å². The summed E-state index contributed by atoms with van der Waals surface area (Å²) in [5.74, 6) is 1.23. The van der Waals surface area contributed by atoms with Crippen LogP contribution < -0.4 is 16.0 Å². The summed E-state index contributed by atoms with van der Waals surface area (Å²) in [4.78, 5) is 16.0. The number of hydrogen-bond acceptors (Lipinski definition) is 3. The molecule has 2 aromatic rings. The molecule has 0 unspecified atom stereocenters. The van der Waals surface area contributed by atoms with Gasteiger partial charge in [0.15, 0.2) is 5.96 Å². The topological polar surface area (TPSA) is 65.5 Å². The van der Waals surface area contributed by atoms with Crippen molar-refractivity contribution in [2.45, 2.75) is 38.6 Å². The number of hydrogen-bond donors (Lipinski definition) is 3. The molecule has 5 nitrogen and oxygen atoms in total. The maximum absolute atomic E-state index is 13.5. The molecule has 3 N–H and O–H groups in total. The monoisotopic (exact) mass is 416 g/mol. The summed E-state index contributed by atoms with van der Waals surface area (Å²) in [5, 5.41) is 9.46. The number of benzene rings is 2. The minimum Gasteiger partial charge on any atom is -0.352 e. The highest BCUT2D eigenvalue weighted by Gasteiger charge is 2.06. The van der Waals surface area contributed by atoms with Crippen molar-refractivity contribution >= 4 is 29.3 Å². The van der Waals surface area contributed by atoms with Crippen molar-refractivity contribution in [1.82, 2.24) is 10.6 Å². The number of thioether (sulfide) groups is 1. The van der Waals surface area contributed by atoms with Gasteiger partial charge >= 0.3 is 0 Å². The van der Waals surface area contributed by atoms with Gasteiger partial charge < -0.3 is 16.0 Å². The van der Waals surface area contributed by atoms with Crippen LogP contribution in [0.1, 0.15) is 36.5 Å². The van der Waals surface area contributed by atoms with Crippen molar-refractivity contribution in [3.05, 3.63) is 65.0 Å². The highest BCUT2D eigenvalue weighted by Crippen LogP contribution is 2.16. The fraction of sp³-hybridized carbons (Fsp3) is 0.364. The second-order valence-corrected chi connectivity index (χ2v) is 7.49. The Labute approximate surface area is 176 Å². The van der Waals surface area contributed by atoms with Crippen LogP contribution in [0.4, 0.5) is 10.1 Å². The van der Waals surface area contributed by atoms with Crippen LogP contribution in [-0.4, -0.2) is 25.2 Å². The number of anilines is 1. The number of amides is 1. The van der Waals surface area contributed by atoms with Gasteiger partial charge in [0, 0.05) is 38.0 Å². The van der Waals surface area contributed by atoms with E-state index in [-0.39, 0.29) is 11.7 Å².